The second kappa shape index (κ2) is 77.3. The van der Waals surface area contributed by atoms with Crippen LogP contribution in [-0.2, 0) is 14.3 Å². The molecule has 0 radical (unpaired) electrons. The molecule has 0 saturated heterocycles. The van der Waals surface area contributed by atoms with Crippen molar-refractivity contribution in [1.82, 2.24) is 5.32 Å². The van der Waals surface area contributed by atoms with Crippen molar-refractivity contribution < 1.29 is 24.5 Å². The molecule has 520 valence electrons. The lowest BCUT2D eigenvalue weighted by Gasteiger charge is -2.22. The Bertz CT molecular complexity index is 1280. The van der Waals surface area contributed by atoms with E-state index in [1.165, 1.54) is 411 Å². The van der Waals surface area contributed by atoms with Crippen LogP contribution in [0.5, 0.6) is 0 Å². The fourth-order valence-corrected chi connectivity index (χ4v) is 13.5. The lowest BCUT2D eigenvalue weighted by atomic mass is 10.0. The molecule has 0 aromatic carbocycles. The van der Waals surface area contributed by atoms with E-state index >= 15 is 0 Å². The molecule has 2 atom stereocenters. The largest absolute Gasteiger partial charge is 0.466 e. The second-order valence-corrected chi connectivity index (χ2v) is 28.5. The van der Waals surface area contributed by atoms with Crippen LogP contribution in [0.25, 0.3) is 0 Å². The van der Waals surface area contributed by atoms with Gasteiger partial charge in [-0.15, -0.1) is 0 Å². The molecule has 0 aromatic rings. The Morgan fingerprint density at radius 1 is 0.276 bits per heavy atom. The van der Waals surface area contributed by atoms with Gasteiger partial charge in [0.05, 0.1) is 25.4 Å². The average Bonchev–Trinajstić information content (AvgIpc) is 3.57. The quantitative estimate of drug-likeness (QED) is 0.0417. The first-order valence-corrected chi connectivity index (χ1v) is 40.8. The lowest BCUT2D eigenvalue weighted by molar-refractivity contribution is -0.143. The molecule has 3 N–H and O–H groups in total. The highest BCUT2D eigenvalue weighted by molar-refractivity contribution is 5.76. The van der Waals surface area contributed by atoms with Gasteiger partial charge < -0.3 is 20.3 Å². The van der Waals surface area contributed by atoms with Gasteiger partial charge in [-0.2, -0.15) is 0 Å². The van der Waals surface area contributed by atoms with Gasteiger partial charge in [-0.05, 0) is 25.7 Å². The summed E-state index contributed by atoms with van der Waals surface area (Å²) in [5.41, 5.74) is 0. The van der Waals surface area contributed by atoms with Crippen LogP contribution in [0.15, 0.2) is 0 Å². The Morgan fingerprint density at radius 3 is 0.701 bits per heavy atom. The highest BCUT2D eigenvalue weighted by Crippen LogP contribution is 2.21. The Kier molecular flexibility index (Phi) is 76.3. The molecule has 2 unspecified atom stereocenters. The van der Waals surface area contributed by atoms with Gasteiger partial charge in [0, 0.05) is 12.8 Å². The number of rotatable bonds is 78. The lowest BCUT2D eigenvalue weighted by Crippen LogP contribution is -2.45. The first-order chi connectivity index (χ1) is 43.0. The van der Waals surface area contributed by atoms with Gasteiger partial charge in [0.15, 0.2) is 0 Å². The number of aliphatic hydroxyl groups is 2. The maximum Gasteiger partial charge on any atom is 0.305 e. The SMILES string of the molecule is CCCCCCCCCCCCCCCCCCCCC(O)C(CO)NC(=O)CCCCCCCCCCCCCCCCCCCCCCCCCCCCCCCCCCCCCCCCCOC(=O)CCCCCCCCCCCCCCC. The highest BCUT2D eigenvalue weighted by Gasteiger charge is 2.20. The Labute approximate surface area is 547 Å². The van der Waals surface area contributed by atoms with Crippen LogP contribution in [0.3, 0.4) is 0 Å². The summed E-state index contributed by atoms with van der Waals surface area (Å²) in [5, 5.41) is 23.4. The van der Waals surface area contributed by atoms with Crippen LogP contribution >= 0.6 is 0 Å². The number of ether oxygens (including phenoxy) is 1. The Morgan fingerprint density at radius 2 is 0.471 bits per heavy atom. The maximum absolute atomic E-state index is 12.6. The number of unbranched alkanes of at least 4 members (excludes halogenated alkanes) is 67. The van der Waals surface area contributed by atoms with Crippen molar-refractivity contribution in [2.45, 2.75) is 495 Å². The summed E-state index contributed by atoms with van der Waals surface area (Å²) in [7, 11) is 0. The molecule has 1 amide bonds. The molecule has 0 rings (SSSR count). The summed E-state index contributed by atoms with van der Waals surface area (Å²) in [5.74, 6) is 0.00351. The van der Waals surface area contributed by atoms with Crippen LogP contribution in [0.2, 0.25) is 0 Å². The molecule has 0 saturated carbocycles. The van der Waals surface area contributed by atoms with E-state index in [2.05, 4.69) is 19.2 Å². The molecule has 0 aliphatic heterocycles. The zero-order valence-corrected chi connectivity index (χ0v) is 59.8. The first kappa shape index (κ1) is 85.9. The number of nitrogens with one attached hydrogen (secondary N) is 1. The third-order valence-electron chi connectivity index (χ3n) is 19.7. The highest BCUT2D eigenvalue weighted by atomic mass is 16.5. The van der Waals surface area contributed by atoms with E-state index in [1.54, 1.807) is 0 Å². The minimum atomic E-state index is -0.659. The summed E-state index contributed by atoms with van der Waals surface area (Å²) < 4.78 is 5.50. The van der Waals surface area contributed by atoms with Crippen molar-refractivity contribution in [3.63, 3.8) is 0 Å². The summed E-state index contributed by atoms with van der Waals surface area (Å²) in [4.78, 5) is 24.6. The van der Waals surface area contributed by atoms with Crippen molar-refractivity contribution in [3.8, 4) is 0 Å². The van der Waals surface area contributed by atoms with Crippen molar-refractivity contribution >= 4 is 11.9 Å². The van der Waals surface area contributed by atoms with Crippen LogP contribution in [-0.4, -0.2) is 47.4 Å². The summed E-state index contributed by atoms with van der Waals surface area (Å²) in [6.07, 6.45) is 96.5. The molecule has 0 bridgehead atoms. The van der Waals surface area contributed by atoms with Crippen molar-refractivity contribution in [3.05, 3.63) is 0 Å². The summed E-state index contributed by atoms with van der Waals surface area (Å²) >= 11 is 0. The maximum atomic E-state index is 12.6. The van der Waals surface area contributed by atoms with E-state index in [0.29, 0.717) is 25.9 Å². The van der Waals surface area contributed by atoms with Crippen LogP contribution in [0.1, 0.15) is 483 Å². The summed E-state index contributed by atoms with van der Waals surface area (Å²) in [6, 6.07) is -0.536. The standard InChI is InChI=1S/C81H161NO5/c1-3-5-7-9-11-13-15-17-18-19-43-46-50-53-57-61-65-69-73-79(84)78(77-83)82-80(85)74-70-66-62-58-54-51-47-44-41-39-37-35-33-31-29-27-25-23-21-20-22-24-26-28-30-32-34-36-38-40-42-45-48-52-56-60-64-68-72-76-87-81(86)75-71-67-63-59-55-49-16-14-12-10-8-6-4-2/h78-79,83-84H,3-77H2,1-2H3,(H,82,85). The minimum absolute atomic E-state index is 0.0234. The number of hydrogen-bond donors (Lipinski definition) is 3. The van der Waals surface area contributed by atoms with Crippen molar-refractivity contribution in [1.29, 1.82) is 0 Å². The average molecular weight is 1230 g/mol. The van der Waals surface area contributed by atoms with Crippen molar-refractivity contribution in [2.24, 2.45) is 0 Å². The molecule has 0 aliphatic carbocycles. The zero-order chi connectivity index (χ0) is 62.8. The molecule has 0 heterocycles. The van der Waals surface area contributed by atoms with E-state index < -0.39 is 12.1 Å². The molecule has 0 spiro atoms. The van der Waals surface area contributed by atoms with E-state index in [9.17, 15) is 19.8 Å². The molecule has 0 fully saturated rings. The normalized spacial score (nSPS) is 12.4. The molecule has 0 aliphatic rings. The van der Waals surface area contributed by atoms with Gasteiger partial charge in [0.2, 0.25) is 5.91 Å². The minimum Gasteiger partial charge on any atom is -0.466 e. The van der Waals surface area contributed by atoms with E-state index in [1.807, 2.05) is 0 Å². The number of carbonyl (C=O) groups is 2. The van der Waals surface area contributed by atoms with E-state index in [4.69, 9.17) is 4.74 Å². The number of aliphatic hydroxyl groups excluding tert-OH is 2. The van der Waals surface area contributed by atoms with Gasteiger partial charge in [0.25, 0.3) is 0 Å². The monoisotopic (exact) mass is 1230 g/mol. The van der Waals surface area contributed by atoms with Crippen LogP contribution < -0.4 is 5.32 Å². The fraction of sp³-hybridized carbons (Fsp3) is 0.975. The number of amides is 1. The fourth-order valence-electron chi connectivity index (χ4n) is 13.5. The molecular formula is C81H161NO5. The molecule has 6 heteroatoms. The number of carbonyl (C=O) groups excluding carboxylic acids is 2. The molecule has 0 aromatic heterocycles. The number of hydrogen-bond acceptors (Lipinski definition) is 5. The smallest absolute Gasteiger partial charge is 0.305 e. The summed E-state index contributed by atoms with van der Waals surface area (Å²) in [6.45, 7) is 5.02. The second-order valence-electron chi connectivity index (χ2n) is 28.5. The topological polar surface area (TPSA) is 95.9 Å². The molecular weight excluding hydrogens is 1070 g/mol. The third-order valence-corrected chi connectivity index (χ3v) is 19.7. The van der Waals surface area contributed by atoms with Crippen molar-refractivity contribution in [2.75, 3.05) is 13.2 Å². The van der Waals surface area contributed by atoms with Gasteiger partial charge >= 0.3 is 5.97 Å². The van der Waals surface area contributed by atoms with Gasteiger partial charge in [-0.3, -0.25) is 9.59 Å². The zero-order valence-electron chi connectivity index (χ0n) is 59.8. The Hall–Kier alpha value is -1.14. The number of esters is 1. The van der Waals surface area contributed by atoms with Crippen LogP contribution in [0.4, 0.5) is 0 Å². The predicted molar refractivity (Wildman–Crippen MR) is 384 cm³/mol. The first-order valence-electron chi connectivity index (χ1n) is 40.8. The van der Waals surface area contributed by atoms with E-state index in [-0.39, 0.29) is 18.5 Å². The predicted octanol–water partition coefficient (Wildman–Crippen LogP) is 26.9. The Balaban J connectivity index is 3.28. The van der Waals surface area contributed by atoms with Gasteiger partial charge in [-0.25, -0.2) is 0 Å². The third kappa shape index (κ3) is 73.8. The molecule has 6 nitrogen and oxygen atoms in total. The van der Waals surface area contributed by atoms with E-state index in [0.717, 1.165) is 38.5 Å². The molecule has 87 heavy (non-hydrogen) atoms. The van der Waals surface area contributed by atoms with Gasteiger partial charge in [0.1, 0.15) is 0 Å². The van der Waals surface area contributed by atoms with Crippen LogP contribution in [0, 0.1) is 0 Å². The van der Waals surface area contributed by atoms with Gasteiger partial charge in [-0.1, -0.05) is 444 Å².